The molecule has 2 rings (SSSR count). The van der Waals surface area contributed by atoms with Crippen LogP contribution in [0.5, 0.6) is 0 Å². The van der Waals surface area contributed by atoms with E-state index >= 15 is 0 Å². The Morgan fingerprint density at radius 3 is 3.12 bits per heavy atom. The molecule has 1 saturated heterocycles. The van der Waals surface area contributed by atoms with Crippen molar-refractivity contribution < 1.29 is 14.6 Å². The lowest BCUT2D eigenvalue weighted by Gasteiger charge is -2.08. The van der Waals surface area contributed by atoms with E-state index in [0.29, 0.717) is 11.7 Å². The van der Waals surface area contributed by atoms with Gasteiger partial charge in [-0.05, 0) is 19.8 Å². The summed E-state index contributed by atoms with van der Waals surface area (Å²) in [6.07, 6.45) is 2.39. The molecular weight excluding hydrogens is 228 g/mol. The molecule has 1 aliphatic rings. The number of aromatic nitrogens is 1. The van der Waals surface area contributed by atoms with Crippen LogP contribution in [0.1, 0.15) is 28.2 Å². The largest absolute Gasteiger partial charge is 0.476 e. The molecule has 0 radical (unpaired) electrons. The number of carboxylic acid groups (broad SMARTS) is 1. The summed E-state index contributed by atoms with van der Waals surface area (Å²) >= 11 is 1.37. The number of hydrogen-bond acceptors (Lipinski definition) is 5. The summed E-state index contributed by atoms with van der Waals surface area (Å²) in [6, 6.07) is 0. The van der Waals surface area contributed by atoms with E-state index in [2.05, 4.69) is 10.3 Å². The van der Waals surface area contributed by atoms with Crippen molar-refractivity contribution in [3.05, 3.63) is 10.6 Å². The van der Waals surface area contributed by atoms with Crippen LogP contribution in [0.4, 0.5) is 5.13 Å². The smallest absolute Gasteiger partial charge is 0.355 e. The van der Waals surface area contributed by atoms with Gasteiger partial charge in [-0.3, -0.25) is 0 Å². The van der Waals surface area contributed by atoms with Crippen LogP contribution in [0.2, 0.25) is 0 Å². The van der Waals surface area contributed by atoms with Crippen LogP contribution < -0.4 is 5.32 Å². The predicted octanol–water partition coefficient (Wildman–Crippen LogP) is 1.74. The fourth-order valence-corrected chi connectivity index (χ4v) is 2.49. The van der Waals surface area contributed by atoms with Gasteiger partial charge in [-0.1, -0.05) is 0 Å². The minimum Gasteiger partial charge on any atom is -0.476 e. The normalized spacial score (nSPS) is 19.9. The third-order valence-electron chi connectivity index (χ3n) is 2.50. The number of aryl methyl sites for hydroxylation is 1. The van der Waals surface area contributed by atoms with Crippen molar-refractivity contribution in [2.24, 2.45) is 0 Å². The maximum atomic E-state index is 10.8. The number of thiazole rings is 1. The summed E-state index contributed by atoms with van der Waals surface area (Å²) < 4.78 is 5.46. The van der Waals surface area contributed by atoms with E-state index in [1.807, 2.05) is 0 Å². The lowest BCUT2D eigenvalue weighted by atomic mass is 10.2. The first-order valence-corrected chi connectivity index (χ1v) is 6.04. The number of anilines is 1. The summed E-state index contributed by atoms with van der Waals surface area (Å²) in [5.74, 6) is -0.973. The first kappa shape index (κ1) is 11.3. The number of nitrogens with one attached hydrogen (secondary N) is 1. The molecule has 5 nitrogen and oxygen atoms in total. The summed E-state index contributed by atoms with van der Waals surface area (Å²) in [6.45, 7) is 3.29. The standard InChI is InChI=1S/C10H14N2O3S/c1-6-8(9(13)14)12-10(16-6)11-5-7-3-2-4-15-7/h7H,2-5H2,1H3,(H,11,12)(H,13,14). The maximum absolute atomic E-state index is 10.8. The number of hydrogen-bond donors (Lipinski definition) is 2. The highest BCUT2D eigenvalue weighted by Crippen LogP contribution is 2.22. The highest BCUT2D eigenvalue weighted by Gasteiger charge is 2.17. The van der Waals surface area contributed by atoms with Crippen LogP contribution in [-0.2, 0) is 4.74 Å². The van der Waals surface area contributed by atoms with Crippen molar-refractivity contribution in [1.29, 1.82) is 0 Å². The molecule has 1 unspecified atom stereocenters. The fraction of sp³-hybridized carbons (Fsp3) is 0.600. The van der Waals surface area contributed by atoms with Gasteiger partial charge in [0.05, 0.1) is 6.10 Å². The van der Waals surface area contributed by atoms with Gasteiger partial charge in [0.1, 0.15) is 0 Å². The average molecular weight is 242 g/mol. The fourth-order valence-electron chi connectivity index (χ4n) is 1.68. The lowest BCUT2D eigenvalue weighted by Crippen LogP contribution is -2.18. The van der Waals surface area contributed by atoms with Crippen molar-refractivity contribution in [2.75, 3.05) is 18.5 Å². The molecule has 0 amide bonds. The van der Waals surface area contributed by atoms with E-state index in [1.54, 1.807) is 6.92 Å². The third kappa shape index (κ3) is 2.51. The molecule has 2 heterocycles. The number of rotatable bonds is 4. The second kappa shape index (κ2) is 4.80. The molecule has 0 aromatic carbocycles. The van der Waals surface area contributed by atoms with E-state index in [4.69, 9.17) is 9.84 Å². The van der Waals surface area contributed by atoms with Crippen LogP contribution >= 0.6 is 11.3 Å². The van der Waals surface area contributed by atoms with Crippen LogP contribution in [-0.4, -0.2) is 35.3 Å². The molecule has 6 heteroatoms. The molecule has 1 atom stereocenters. The second-order valence-corrected chi connectivity index (χ2v) is 4.95. The summed E-state index contributed by atoms with van der Waals surface area (Å²) in [5, 5.41) is 12.6. The highest BCUT2D eigenvalue weighted by molar-refractivity contribution is 7.15. The van der Waals surface area contributed by atoms with Crippen molar-refractivity contribution in [3.63, 3.8) is 0 Å². The van der Waals surface area contributed by atoms with Crippen molar-refractivity contribution in [1.82, 2.24) is 4.98 Å². The van der Waals surface area contributed by atoms with E-state index in [9.17, 15) is 4.79 Å². The first-order chi connectivity index (χ1) is 7.66. The van der Waals surface area contributed by atoms with Gasteiger partial charge in [-0.15, -0.1) is 11.3 Å². The Morgan fingerprint density at radius 2 is 2.56 bits per heavy atom. The van der Waals surface area contributed by atoms with Crippen molar-refractivity contribution in [3.8, 4) is 0 Å². The van der Waals surface area contributed by atoms with Crippen molar-refractivity contribution >= 4 is 22.4 Å². The topological polar surface area (TPSA) is 71.5 Å². The molecule has 88 valence electrons. The monoisotopic (exact) mass is 242 g/mol. The molecular formula is C10H14N2O3S. The number of nitrogens with zero attached hydrogens (tertiary/aromatic N) is 1. The molecule has 0 spiro atoms. The summed E-state index contributed by atoms with van der Waals surface area (Å²) in [5.41, 5.74) is 0.139. The summed E-state index contributed by atoms with van der Waals surface area (Å²) in [4.78, 5) is 15.5. The van der Waals surface area contributed by atoms with Gasteiger partial charge in [0.2, 0.25) is 0 Å². The molecule has 1 aromatic heterocycles. The average Bonchev–Trinajstić information content (AvgIpc) is 2.83. The van der Waals surface area contributed by atoms with E-state index in [1.165, 1.54) is 11.3 Å². The second-order valence-electron chi connectivity index (χ2n) is 3.74. The van der Waals surface area contributed by atoms with Gasteiger partial charge in [0, 0.05) is 18.0 Å². The Morgan fingerprint density at radius 1 is 1.75 bits per heavy atom. The molecule has 0 saturated carbocycles. The minimum atomic E-state index is -0.973. The Hall–Kier alpha value is -1.14. The van der Waals surface area contributed by atoms with Gasteiger partial charge in [-0.25, -0.2) is 9.78 Å². The zero-order chi connectivity index (χ0) is 11.5. The highest BCUT2D eigenvalue weighted by atomic mass is 32.1. The Labute approximate surface area is 97.5 Å². The van der Waals surface area contributed by atoms with E-state index < -0.39 is 5.97 Å². The third-order valence-corrected chi connectivity index (χ3v) is 3.43. The maximum Gasteiger partial charge on any atom is 0.355 e. The Kier molecular flexibility index (Phi) is 3.40. The number of carbonyl (C=O) groups is 1. The number of ether oxygens (including phenoxy) is 1. The molecule has 16 heavy (non-hydrogen) atoms. The summed E-state index contributed by atoms with van der Waals surface area (Å²) in [7, 11) is 0. The van der Waals surface area contributed by atoms with Gasteiger partial charge >= 0.3 is 5.97 Å². The molecule has 1 aliphatic heterocycles. The van der Waals surface area contributed by atoms with Gasteiger partial charge < -0.3 is 15.2 Å². The van der Waals surface area contributed by atoms with E-state index in [-0.39, 0.29) is 11.8 Å². The zero-order valence-electron chi connectivity index (χ0n) is 9.02. The molecule has 0 bridgehead atoms. The zero-order valence-corrected chi connectivity index (χ0v) is 9.84. The SMILES string of the molecule is Cc1sc(NCC2CCCO2)nc1C(=O)O. The Bertz CT molecular complexity index is 385. The Balaban J connectivity index is 1.94. The molecule has 0 aliphatic carbocycles. The van der Waals surface area contributed by atoms with Crippen LogP contribution in [0.25, 0.3) is 0 Å². The molecule has 1 aromatic rings. The predicted molar refractivity (Wildman–Crippen MR) is 61.3 cm³/mol. The molecule has 1 fully saturated rings. The van der Waals surface area contributed by atoms with Crippen molar-refractivity contribution in [2.45, 2.75) is 25.9 Å². The van der Waals surface area contributed by atoms with Crippen LogP contribution in [0, 0.1) is 6.92 Å². The molecule has 2 N–H and O–H groups in total. The lowest BCUT2D eigenvalue weighted by molar-refractivity contribution is 0.0690. The van der Waals surface area contributed by atoms with Crippen LogP contribution in [0.3, 0.4) is 0 Å². The number of carboxylic acids is 1. The van der Waals surface area contributed by atoms with Gasteiger partial charge in [0.15, 0.2) is 10.8 Å². The van der Waals surface area contributed by atoms with Gasteiger partial charge in [-0.2, -0.15) is 0 Å². The number of aromatic carboxylic acids is 1. The minimum absolute atomic E-state index is 0.139. The van der Waals surface area contributed by atoms with E-state index in [0.717, 1.165) is 24.3 Å². The first-order valence-electron chi connectivity index (χ1n) is 5.23. The van der Waals surface area contributed by atoms with Crippen LogP contribution in [0.15, 0.2) is 0 Å². The quantitative estimate of drug-likeness (QED) is 0.841. The van der Waals surface area contributed by atoms with Gasteiger partial charge in [0.25, 0.3) is 0 Å².